The third kappa shape index (κ3) is 3.00. The molecule has 0 bridgehead atoms. The van der Waals surface area contributed by atoms with E-state index in [2.05, 4.69) is 34.6 Å². The molecular formula is C31H47NO5. The molecule has 206 valence electrons. The van der Waals surface area contributed by atoms with Crippen LogP contribution in [0.25, 0.3) is 0 Å². The highest BCUT2D eigenvalue weighted by Crippen LogP contribution is 2.75. The lowest BCUT2D eigenvalue weighted by Gasteiger charge is -2.73. The van der Waals surface area contributed by atoms with E-state index in [1.807, 2.05) is 6.08 Å². The summed E-state index contributed by atoms with van der Waals surface area (Å²) in [5.41, 5.74) is 5.14. The van der Waals surface area contributed by atoms with Crippen LogP contribution in [0.15, 0.2) is 11.6 Å². The molecule has 10 atom stereocenters. The molecule has 5 aliphatic carbocycles. The van der Waals surface area contributed by atoms with Crippen LogP contribution in [-0.4, -0.2) is 34.5 Å². The molecule has 37 heavy (non-hydrogen) atoms. The zero-order valence-corrected chi connectivity index (χ0v) is 23.9. The molecule has 0 saturated heterocycles. The lowest BCUT2D eigenvalue weighted by molar-refractivity contribution is -0.226. The molecule has 0 unspecified atom stereocenters. The van der Waals surface area contributed by atoms with Gasteiger partial charge >= 0.3 is 11.9 Å². The second-order valence-corrected chi connectivity index (χ2v) is 14.7. The Morgan fingerprint density at radius 2 is 1.68 bits per heavy atom. The van der Waals surface area contributed by atoms with Gasteiger partial charge in [0, 0.05) is 12.3 Å². The molecular weight excluding hydrogens is 466 g/mol. The number of hydrogen-bond donors (Lipinski definition) is 2. The van der Waals surface area contributed by atoms with Crippen molar-refractivity contribution in [2.75, 3.05) is 0 Å². The van der Waals surface area contributed by atoms with E-state index in [-0.39, 0.29) is 22.5 Å². The van der Waals surface area contributed by atoms with Gasteiger partial charge in [0.2, 0.25) is 0 Å². The summed E-state index contributed by atoms with van der Waals surface area (Å²) >= 11 is 0. The van der Waals surface area contributed by atoms with Gasteiger partial charge in [0.25, 0.3) is 0 Å². The largest absolute Gasteiger partial charge is 0.481 e. The van der Waals surface area contributed by atoms with Crippen molar-refractivity contribution in [3.63, 3.8) is 0 Å². The average molecular weight is 514 g/mol. The van der Waals surface area contributed by atoms with Crippen LogP contribution >= 0.6 is 0 Å². The number of fused-ring (bicyclic) bond motifs is 7. The van der Waals surface area contributed by atoms with Gasteiger partial charge in [-0.1, -0.05) is 53.0 Å². The van der Waals surface area contributed by atoms with E-state index in [1.165, 1.54) is 31.8 Å². The van der Waals surface area contributed by atoms with Crippen molar-refractivity contribution >= 4 is 17.7 Å². The van der Waals surface area contributed by atoms with Gasteiger partial charge in [0.1, 0.15) is 11.5 Å². The summed E-state index contributed by atoms with van der Waals surface area (Å²) in [4.78, 5) is 39.3. The Hall–Kier alpha value is -1.69. The lowest BCUT2D eigenvalue weighted by atomic mass is 9.31. The number of ether oxygens (including phenoxy) is 1. The number of ketones is 1. The first-order valence-electron chi connectivity index (χ1n) is 14.5. The molecule has 0 aromatic carbocycles. The Labute approximate surface area is 222 Å². The molecule has 5 aliphatic rings. The maximum absolute atomic E-state index is 14.5. The van der Waals surface area contributed by atoms with Crippen LogP contribution in [0, 0.1) is 44.8 Å². The van der Waals surface area contributed by atoms with Crippen LogP contribution in [0.3, 0.4) is 0 Å². The molecule has 0 aromatic rings. The number of aliphatic carboxylic acids is 1. The van der Waals surface area contributed by atoms with Gasteiger partial charge in [-0.25, -0.2) is 0 Å². The number of hydrogen-bond acceptors (Lipinski definition) is 5. The fraction of sp³-hybridized carbons (Fsp3) is 0.839. The molecule has 6 nitrogen and oxygen atoms in total. The first kappa shape index (κ1) is 26.9. The smallest absolute Gasteiger partial charge is 0.313 e. The average Bonchev–Trinajstić information content (AvgIpc) is 2.80. The Balaban J connectivity index is 1.67. The van der Waals surface area contributed by atoms with Gasteiger partial charge in [-0.2, -0.15) is 0 Å². The number of carboxylic acid groups (broad SMARTS) is 1. The summed E-state index contributed by atoms with van der Waals surface area (Å²) in [5, 5.41) is 10.5. The number of allylic oxidation sites excluding steroid dienone is 1. The van der Waals surface area contributed by atoms with E-state index in [1.54, 1.807) is 6.92 Å². The van der Waals surface area contributed by atoms with Crippen LogP contribution < -0.4 is 5.73 Å². The van der Waals surface area contributed by atoms with Crippen molar-refractivity contribution in [3.05, 3.63) is 11.6 Å². The number of rotatable bonds is 2. The van der Waals surface area contributed by atoms with E-state index in [4.69, 9.17) is 10.5 Å². The van der Waals surface area contributed by atoms with Crippen molar-refractivity contribution in [1.29, 1.82) is 0 Å². The van der Waals surface area contributed by atoms with Crippen LogP contribution in [0.5, 0.6) is 0 Å². The Morgan fingerprint density at radius 3 is 2.30 bits per heavy atom. The van der Waals surface area contributed by atoms with Crippen LogP contribution in [0.4, 0.5) is 0 Å². The number of carbonyl (C=O) groups excluding carboxylic acids is 2. The molecule has 3 N–H and O–H groups in total. The van der Waals surface area contributed by atoms with Gasteiger partial charge in [0.05, 0.1) is 5.54 Å². The Bertz CT molecular complexity index is 1080. The second-order valence-electron chi connectivity index (χ2n) is 14.7. The van der Waals surface area contributed by atoms with Crippen molar-refractivity contribution < 1.29 is 24.2 Å². The topological polar surface area (TPSA) is 107 Å². The minimum Gasteiger partial charge on any atom is -0.481 e. The van der Waals surface area contributed by atoms with E-state index in [9.17, 15) is 19.5 Å². The highest BCUT2D eigenvalue weighted by atomic mass is 16.5. The van der Waals surface area contributed by atoms with Gasteiger partial charge in [0.15, 0.2) is 5.78 Å². The Kier molecular flexibility index (Phi) is 5.76. The third-order valence-electron chi connectivity index (χ3n) is 13.3. The zero-order valence-electron chi connectivity index (χ0n) is 23.9. The molecule has 4 fully saturated rings. The summed E-state index contributed by atoms with van der Waals surface area (Å²) in [6.07, 6.45) is 9.31. The summed E-state index contributed by atoms with van der Waals surface area (Å²) in [6.45, 7) is 14.5. The molecule has 0 spiro atoms. The number of nitrogens with two attached hydrogens (primary N) is 1. The van der Waals surface area contributed by atoms with Crippen molar-refractivity contribution in [2.45, 2.75) is 118 Å². The van der Waals surface area contributed by atoms with Gasteiger partial charge in [-0.05, 0) is 91.9 Å². The maximum atomic E-state index is 14.5. The second kappa shape index (κ2) is 7.92. The quantitative estimate of drug-likeness (QED) is 0.461. The van der Waals surface area contributed by atoms with Crippen molar-refractivity contribution in [3.8, 4) is 0 Å². The van der Waals surface area contributed by atoms with Crippen molar-refractivity contribution in [1.82, 2.24) is 0 Å². The molecule has 5 rings (SSSR count). The predicted molar refractivity (Wildman–Crippen MR) is 141 cm³/mol. The van der Waals surface area contributed by atoms with E-state index in [0.29, 0.717) is 37.5 Å². The number of carbonyl (C=O) groups is 3. The maximum Gasteiger partial charge on any atom is 0.313 e. The van der Waals surface area contributed by atoms with Crippen LogP contribution in [-0.2, 0) is 19.1 Å². The monoisotopic (exact) mass is 513 g/mol. The van der Waals surface area contributed by atoms with Gasteiger partial charge < -0.3 is 15.6 Å². The van der Waals surface area contributed by atoms with Crippen molar-refractivity contribution in [2.24, 2.45) is 50.6 Å². The SMILES string of the molecule is CC(=O)O[C@@H]1CC[C@@]2(C)[C@@H](CC[C@]3(C)[C@]2(N)C(=O)C=C2[C@@H]4[C@@H](C)CCC[C@]4(C)CC[C@]23C)[C@@]1(C)C(=O)O. The molecule has 0 amide bonds. The third-order valence-corrected chi connectivity index (χ3v) is 13.3. The molecule has 6 heteroatoms. The standard InChI is InChI=1S/C31H47NO5/c1-18-9-8-12-26(3)15-16-27(4)20(24(18)26)17-22(34)31(32)28(5)13-11-23(37-19(2)33)30(7,25(35)36)21(28)10-14-29(27,31)6/h17-18,21,23-24H,8-16,32H2,1-7H3,(H,35,36)/t18-,21+,23+,24-,26+,27+,28-,29-,30+,31-/m0/s1. The summed E-state index contributed by atoms with van der Waals surface area (Å²) in [6, 6.07) is 0. The molecule has 0 radical (unpaired) electrons. The van der Waals surface area contributed by atoms with Gasteiger partial charge in [-0.15, -0.1) is 0 Å². The summed E-state index contributed by atoms with van der Waals surface area (Å²) in [5.74, 6) is -0.913. The fourth-order valence-corrected chi connectivity index (χ4v) is 11.0. The number of carboxylic acids is 1. The fourth-order valence-electron chi connectivity index (χ4n) is 11.0. The van der Waals surface area contributed by atoms with E-state index >= 15 is 0 Å². The molecule has 0 aromatic heterocycles. The molecule has 4 saturated carbocycles. The summed E-state index contributed by atoms with van der Waals surface area (Å²) < 4.78 is 5.61. The van der Waals surface area contributed by atoms with E-state index < -0.39 is 39.8 Å². The first-order valence-corrected chi connectivity index (χ1v) is 14.5. The predicted octanol–water partition coefficient (Wildman–Crippen LogP) is 5.67. The Morgan fingerprint density at radius 1 is 1.00 bits per heavy atom. The first-order chi connectivity index (χ1) is 17.0. The highest BCUT2D eigenvalue weighted by molar-refractivity contribution is 6.02. The zero-order chi connectivity index (χ0) is 27.4. The van der Waals surface area contributed by atoms with Crippen LogP contribution in [0.2, 0.25) is 0 Å². The minimum absolute atomic E-state index is 0.0182. The minimum atomic E-state index is -1.30. The highest BCUT2D eigenvalue weighted by Gasteiger charge is 2.77. The molecule has 0 aliphatic heterocycles. The number of esters is 1. The molecule has 0 heterocycles. The normalized spacial score (nSPS) is 53.1. The van der Waals surface area contributed by atoms with Crippen LogP contribution in [0.1, 0.15) is 106 Å². The lowest BCUT2D eigenvalue weighted by Crippen LogP contribution is -2.81. The van der Waals surface area contributed by atoms with E-state index in [0.717, 1.165) is 12.8 Å². The summed E-state index contributed by atoms with van der Waals surface area (Å²) in [7, 11) is 0. The van der Waals surface area contributed by atoms with Gasteiger partial charge in [-0.3, -0.25) is 14.4 Å².